The largest absolute Gasteiger partial charge is 0.478 e. The SMILES string of the molecule is N=Cc1ccc(-c2ccc(Cl)c(C(=O)O)c2)o1.Nc1nc(Nc2ccc(F)cc2)nc(N2CCOCC2)n1. The van der Waals surface area contributed by atoms with Crippen molar-refractivity contribution in [3.05, 3.63) is 76.8 Å². The van der Waals surface area contributed by atoms with Crippen LogP contribution in [0, 0.1) is 11.2 Å². The molecule has 196 valence electrons. The summed E-state index contributed by atoms with van der Waals surface area (Å²) in [7, 11) is 0. The number of benzene rings is 2. The lowest BCUT2D eigenvalue weighted by Crippen LogP contribution is -2.37. The number of morpholine rings is 1. The number of aromatic carboxylic acids is 1. The molecule has 0 amide bonds. The molecule has 38 heavy (non-hydrogen) atoms. The molecule has 0 saturated carbocycles. The molecule has 0 unspecified atom stereocenters. The van der Waals surface area contributed by atoms with Crippen LogP contribution in [0.1, 0.15) is 16.1 Å². The number of nitrogen functional groups attached to an aromatic ring is 1. The number of halogens is 2. The molecule has 1 fully saturated rings. The van der Waals surface area contributed by atoms with E-state index in [0.29, 0.717) is 61.0 Å². The van der Waals surface area contributed by atoms with Gasteiger partial charge in [-0.15, -0.1) is 0 Å². The number of hydrogen-bond donors (Lipinski definition) is 4. The van der Waals surface area contributed by atoms with Crippen molar-refractivity contribution >= 4 is 47.3 Å². The highest BCUT2D eigenvalue weighted by Crippen LogP contribution is 2.26. The van der Waals surface area contributed by atoms with Crippen molar-refractivity contribution < 1.29 is 23.4 Å². The highest BCUT2D eigenvalue weighted by Gasteiger charge is 2.16. The van der Waals surface area contributed by atoms with E-state index in [9.17, 15) is 9.18 Å². The Bertz CT molecular complexity index is 1430. The van der Waals surface area contributed by atoms with Crippen LogP contribution in [0.15, 0.2) is 59.0 Å². The molecule has 2 aromatic heterocycles. The van der Waals surface area contributed by atoms with Crippen molar-refractivity contribution in [1.82, 2.24) is 15.0 Å². The van der Waals surface area contributed by atoms with Gasteiger partial charge in [0.2, 0.25) is 17.8 Å². The number of nitrogens with zero attached hydrogens (tertiary/aromatic N) is 4. The van der Waals surface area contributed by atoms with Crippen molar-refractivity contribution in [3.8, 4) is 11.3 Å². The van der Waals surface area contributed by atoms with Gasteiger partial charge in [0.25, 0.3) is 0 Å². The average molecular weight is 540 g/mol. The minimum Gasteiger partial charge on any atom is -0.478 e. The molecule has 13 heteroatoms. The van der Waals surface area contributed by atoms with Gasteiger partial charge in [-0.3, -0.25) is 0 Å². The Labute approximate surface area is 221 Å². The van der Waals surface area contributed by atoms with E-state index in [1.54, 1.807) is 30.3 Å². The monoisotopic (exact) mass is 539 g/mol. The maximum Gasteiger partial charge on any atom is 0.337 e. The zero-order chi connectivity index (χ0) is 27.1. The van der Waals surface area contributed by atoms with Crippen LogP contribution in [0.25, 0.3) is 11.3 Å². The molecule has 11 nitrogen and oxygen atoms in total. The van der Waals surface area contributed by atoms with Gasteiger partial charge < -0.3 is 35.6 Å². The summed E-state index contributed by atoms with van der Waals surface area (Å²) in [5.74, 6) is 0.497. The highest BCUT2D eigenvalue weighted by atomic mass is 35.5. The number of aromatic nitrogens is 3. The zero-order valence-corrected chi connectivity index (χ0v) is 20.7. The number of furan rings is 1. The summed E-state index contributed by atoms with van der Waals surface area (Å²) >= 11 is 5.76. The van der Waals surface area contributed by atoms with E-state index in [4.69, 9.17) is 37.0 Å². The third kappa shape index (κ3) is 6.81. The minimum atomic E-state index is -1.09. The molecule has 0 aliphatic carbocycles. The molecule has 3 heterocycles. The fraction of sp³-hybridized carbons (Fsp3) is 0.160. The smallest absolute Gasteiger partial charge is 0.337 e. The van der Waals surface area contributed by atoms with Crippen molar-refractivity contribution in [2.24, 2.45) is 0 Å². The van der Waals surface area contributed by atoms with Gasteiger partial charge in [0.05, 0.1) is 30.0 Å². The van der Waals surface area contributed by atoms with Gasteiger partial charge in [-0.2, -0.15) is 15.0 Å². The lowest BCUT2D eigenvalue weighted by atomic mass is 10.1. The van der Waals surface area contributed by atoms with Crippen molar-refractivity contribution in [2.45, 2.75) is 0 Å². The van der Waals surface area contributed by atoms with Gasteiger partial charge in [0.1, 0.15) is 17.3 Å². The molecular weight excluding hydrogens is 517 g/mol. The van der Waals surface area contributed by atoms with Crippen molar-refractivity contribution in [1.29, 1.82) is 5.41 Å². The third-order valence-electron chi connectivity index (χ3n) is 5.29. The second kappa shape index (κ2) is 12.1. The number of hydrogen-bond acceptors (Lipinski definition) is 10. The molecule has 4 aromatic rings. The Morgan fingerprint density at radius 1 is 1.11 bits per heavy atom. The summed E-state index contributed by atoms with van der Waals surface area (Å²) in [6.07, 6.45) is 1.08. The fourth-order valence-corrected chi connectivity index (χ4v) is 3.63. The van der Waals surface area contributed by atoms with Crippen LogP contribution >= 0.6 is 11.6 Å². The summed E-state index contributed by atoms with van der Waals surface area (Å²) < 4.78 is 23.5. The van der Waals surface area contributed by atoms with E-state index in [1.807, 2.05) is 4.90 Å². The Hall–Kier alpha value is -4.55. The van der Waals surface area contributed by atoms with Gasteiger partial charge in [-0.05, 0) is 54.6 Å². The number of carboxylic acids is 1. The molecule has 1 aliphatic heterocycles. The quantitative estimate of drug-likeness (QED) is 0.257. The number of carbonyl (C=O) groups is 1. The van der Waals surface area contributed by atoms with Gasteiger partial charge in [-0.25, -0.2) is 9.18 Å². The van der Waals surface area contributed by atoms with Crippen LogP contribution in [0.5, 0.6) is 0 Å². The Morgan fingerprint density at radius 2 is 1.84 bits per heavy atom. The molecule has 5 rings (SSSR count). The summed E-state index contributed by atoms with van der Waals surface area (Å²) in [5, 5.41) is 19.1. The van der Waals surface area contributed by atoms with Gasteiger partial charge in [0.15, 0.2) is 0 Å². The molecule has 1 saturated heterocycles. The summed E-state index contributed by atoms with van der Waals surface area (Å²) in [4.78, 5) is 25.4. The topological polar surface area (TPSA) is 163 Å². The lowest BCUT2D eigenvalue weighted by molar-refractivity contribution is 0.0697. The molecule has 0 radical (unpaired) electrons. The maximum atomic E-state index is 12.9. The van der Waals surface area contributed by atoms with Crippen molar-refractivity contribution in [3.63, 3.8) is 0 Å². The third-order valence-corrected chi connectivity index (χ3v) is 5.62. The first kappa shape index (κ1) is 26.5. The van der Waals surface area contributed by atoms with Crippen molar-refractivity contribution in [2.75, 3.05) is 42.3 Å². The summed E-state index contributed by atoms with van der Waals surface area (Å²) in [6, 6.07) is 13.8. The molecule has 0 atom stereocenters. The predicted octanol–water partition coefficient (Wildman–Crippen LogP) is 4.47. The maximum absolute atomic E-state index is 12.9. The fourth-order valence-electron chi connectivity index (χ4n) is 3.43. The molecule has 2 aromatic carbocycles. The number of carboxylic acid groups (broad SMARTS) is 1. The molecule has 5 N–H and O–H groups in total. The van der Waals surface area contributed by atoms with E-state index in [-0.39, 0.29) is 22.4 Å². The highest BCUT2D eigenvalue weighted by molar-refractivity contribution is 6.33. The van der Waals surface area contributed by atoms with E-state index in [2.05, 4.69) is 20.3 Å². The summed E-state index contributed by atoms with van der Waals surface area (Å²) in [5.41, 5.74) is 7.04. The molecule has 1 aliphatic rings. The predicted molar refractivity (Wildman–Crippen MR) is 141 cm³/mol. The van der Waals surface area contributed by atoms with Crippen LogP contribution in [0.2, 0.25) is 5.02 Å². The van der Waals surface area contributed by atoms with E-state index < -0.39 is 5.97 Å². The van der Waals surface area contributed by atoms with E-state index >= 15 is 0 Å². The first-order valence-electron chi connectivity index (χ1n) is 11.3. The standard InChI is InChI=1S/C13H15FN6O.C12H8ClNO3/c14-9-1-3-10(4-2-9)16-12-17-11(15)18-13(19-12)20-5-7-21-8-6-20;13-10-3-1-7(5-9(10)12(15)16)11-4-2-8(6-14)17-11/h1-4H,5-8H2,(H3,15,16,17,18,19);1-6,14H,(H,15,16). The van der Waals surface area contributed by atoms with Crippen LogP contribution in [0.4, 0.5) is 27.9 Å². The van der Waals surface area contributed by atoms with Gasteiger partial charge in [-0.1, -0.05) is 11.6 Å². The van der Waals surface area contributed by atoms with Gasteiger partial charge >= 0.3 is 5.97 Å². The van der Waals surface area contributed by atoms with Gasteiger partial charge in [0, 0.05) is 24.3 Å². The second-order valence-electron chi connectivity index (χ2n) is 7.89. The number of nitrogens with two attached hydrogens (primary N) is 1. The van der Waals surface area contributed by atoms with Crippen LogP contribution in [0.3, 0.4) is 0 Å². The Kier molecular flexibility index (Phi) is 8.46. The normalized spacial score (nSPS) is 12.8. The van der Waals surface area contributed by atoms with Crippen LogP contribution < -0.4 is 16.0 Å². The summed E-state index contributed by atoms with van der Waals surface area (Å²) in [6.45, 7) is 2.68. The Morgan fingerprint density at radius 3 is 2.50 bits per heavy atom. The van der Waals surface area contributed by atoms with E-state index in [0.717, 1.165) is 6.21 Å². The van der Waals surface area contributed by atoms with Crippen LogP contribution in [-0.4, -0.2) is 58.5 Å². The first-order chi connectivity index (χ1) is 18.3. The Balaban J connectivity index is 0.000000181. The number of ether oxygens (including phenoxy) is 1. The van der Waals surface area contributed by atoms with E-state index in [1.165, 1.54) is 24.3 Å². The number of rotatable bonds is 6. The second-order valence-corrected chi connectivity index (χ2v) is 8.30. The first-order valence-corrected chi connectivity index (χ1v) is 11.7. The lowest BCUT2D eigenvalue weighted by Gasteiger charge is -2.26. The minimum absolute atomic E-state index is 0.0250. The molecule has 0 spiro atoms. The molecular formula is C25H23ClFN7O4. The zero-order valence-electron chi connectivity index (χ0n) is 19.9. The number of anilines is 4. The average Bonchev–Trinajstić information content (AvgIpc) is 3.40. The van der Waals surface area contributed by atoms with Crippen LogP contribution in [-0.2, 0) is 4.74 Å². The number of nitrogens with one attached hydrogen (secondary N) is 2. The molecule has 0 bridgehead atoms.